The highest BCUT2D eigenvalue weighted by Crippen LogP contribution is 2.22. The molecule has 0 aliphatic heterocycles. The minimum atomic E-state index is -3.39. The van der Waals surface area contributed by atoms with Crippen LogP contribution >= 0.6 is 0 Å². The predicted octanol–water partition coefficient (Wildman–Crippen LogP) is 1.96. The van der Waals surface area contributed by atoms with Gasteiger partial charge in [0, 0.05) is 24.2 Å². The molecule has 1 N–H and O–H groups in total. The number of rotatable bonds is 5. The molecule has 2 aromatic rings. The van der Waals surface area contributed by atoms with E-state index in [0.717, 1.165) is 6.26 Å². The van der Waals surface area contributed by atoms with Gasteiger partial charge in [0.25, 0.3) is 5.91 Å². The quantitative estimate of drug-likeness (QED) is 0.912. The van der Waals surface area contributed by atoms with E-state index in [2.05, 4.69) is 10.3 Å². The van der Waals surface area contributed by atoms with E-state index in [9.17, 15) is 13.2 Å². The molecule has 0 aliphatic rings. The molecular formula is C14H16N2O4S. The number of aromatic nitrogens is 1. The Hall–Kier alpha value is -2.15. The van der Waals surface area contributed by atoms with Gasteiger partial charge < -0.3 is 9.73 Å². The molecule has 0 saturated carbocycles. The largest absolute Gasteiger partial charge is 0.448 e. The highest BCUT2D eigenvalue weighted by atomic mass is 32.2. The Morgan fingerprint density at radius 3 is 2.48 bits per heavy atom. The minimum Gasteiger partial charge on any atom is -0.448 e. The van der Waals surface area contributed by atoms with E-state index in [1.165, 1.54) is 18.5 Å². The lowest BCUT2D eigenvalue weighted by molar-refractivity contribution is 0.0929. The summed E-state index contributed by atoms with van der Waals surface area (Å²) in [7, 11) is -3.39. The van der Waals surface area contributed by atoms with Crippen molar-refractivity contribution in [1.29, 1.82) is 0 Å². The number of amides is 1. The zero-order chi connectivity index (χ0) is 15.5. The summed E-state index contributed by atoms with van der Waals surface area (Å²) >= 11 is 0. The molecule has 21 heavy (non-hydrogen) atoms. The molecule has 0 aliphatic carbocycles. The number of pyridine rings is 1. The van der Waals surface area contributed by atoms with E-state index in [1.807, 2.05) is 6.92 Å². The molecule has 0 fully saturated rings. The minimum absolute atomic E-state index is 0.103. The Morgan fingerprint density at radius 1 is 1.29 bits per heavy atom. The summed E-state index contributed by atoms with van der Waals surface area (Å²) in [5.74, 6) is 0.155. The van der Waals surface area contributed by atoms with Gasteiger partial charge >= 0.3 is 0 Å². The Kier molecular flexibility index (Phi) is 4.42. The van der Waals surface area contributed by atoms with E-state index < -0.39 is 9.84 Å². The van der Waals surface area contributed by atoms with Crippen molar-refractivity contribution < 1.29 is 17.6 Å². The third kappa shape index (κ3) is 3.69. The predicted molar refractivity (Wildman–Crippen MR) is 76.6 cm³/mol. The number of carbonyl (C=O) groups excluding carboxylic acids is 1. The molecule has 6 nitrogen and oxygen atoms in total. The summed E-state index contributed by atoms with van der Waals surface area (Å²) in [5.41, 5.74) is 0.485. The normalized spacial score (nSPS) is 12.9. The van der Waals surface area contributed by atoms with E-state index in [-0.39, 0.29) is 17.0 Å². The second-order valence-corrected chi connectivity index (χ2v) is 6.55. The molecule has 0 saturated heterocycles. The molecule has 0 radical (unpaired) electrons. The van der Waals surface area contributed by atoms with Crippen LogP contribution in [0, 0.1) is 0 Å². The molecular weight excluding hydrogens is 292 g/mol. The van der Waals surface area contributed by atoms with Crippen LogP contribution < -0.4 is 5.32 Å². The number of hydrogen-bond donors (Lipinski definition) is 1. The van der Waals surface area contributed by atoms with Gasteiger partial charge in [0.05, 0.1) is 6.04 Å². The van der Waals surface area contributed by atoms with Gasteiger partial charge in [0.15, 0.2) is 0 Å². The first-order chi connectivity index (χ1) is 9.91. The molecule has 2 heterocycles. The highest BCUT2D eigenvalue weighted by Gasteiger charge is 2.20. The summed E-state index contributed by atoms with van der Waals surface area (Å²) in [5, 5.41) is 2.71. The standard InChI is InChI=1S/C14H16N2O4S/c1-3-11(12-4-5-13(20-12)21(2,18)19)16-14(17)10-6-8-15-9-7-10/h4-9,11H,3H2,1-2H3,(H,16,17)/t11-/m0/s1. The smallest absolute Gasteiger partial charge is 0.251 e. The van der Waals surface area contributed by atoms with Gasteiger partial charge in [-0.05, 0) is 30.7 Å². The van der Waals surface area contributed by atoms with Crippen molar-refractivity contribution >= 4 is 15.7 Å². The van der Waals surface area contributed by atoms with E-state index >= 15 is 0 Å². The van der Waals surface area contributed by atoms with Crippen LogP contribution in [0.5, 0.6) is 0 Å². The van der Waals surface area contributed by atoms with Crippen molar-refractivity contribution in [2.75, 3.05) is 6.26 Å². The van der Waals surface area contributed by atoms with Crippen LogP contribution in [-0.2, 0) is 9.84 Å². The van der Waals surface area contributed by atoms with Crippen LogP contribution in [0.2, 0.25) is 0 Å². The molecule has 2 aromatic heterocycles. The number of hydrogen-bond acceptors (Lipinski definition) is 5. The van der Waals surface area contributed by atoms with Crippen LogP contribution in [0.15, 0.2) is 46.2 Å². The summed E-state index contributed by atoms with van der Waals surface area (Å²) in [6.45, 7) is 1.88. The van der Waals surface area contributed by atoms with Crippen LogP contribution in [-0.4, -0.2) is 25.6 Å². The van der Waals surface area contributed by atoms with E-state index in [0.29, 0.717) is 17.7 Å². The van der Waals surface area contributed by atoms with Gasteiger partial charge in [-0.15, -0.1) is 0 Å². The number of furan rings is 1. The number of sulfone groups is 1. The van der Waals surface area contributed by atoms with Crippen LogP contribution in [0.25, 0.3) is 0 Å². The monoisotopic (exact) mass is 308 g/mol. The van der Waals surface area contributed by atoms with Crippen molar-refractivity contribution in [3.8, 4) is 0 Å². The summed E-state index contributed by atoms with van der Waals surface area (Å²) in [6.07, 6.45) is 4.72. The first-order valence-electron chi connectivity index (χ1n) is 6.42. The topological polar surface area (TPSA) is 89.3 Å². The maximum absolute atomic E-state index is 12.1. The Bertz CT molecular complexity index is 722. The zero-order valence-corrected chi connectivity index (χ0v) is 12.6. The lowest BCUT2D eigenvalue weighted by Gasteiger charge is -2.14. The fraction of sp³-hybridized carbons (Fsp3) is 0.286. The van der Waals surface area contributed by atoms with Gasteiger partial charge in [-0.3, -0.25) is 9.78 Å². The lowest BCUT2D eigenvalue weighted by Crippen LogP contribution is -2.27. The Labute approximate surface area is 123 Å². The van der Waals surface area contributed by atoms with Gasteiger partial charge in [-0.1, -0.05) is 6.92 Å². The SMILES string of the molecule is CC[C@H](NC(=O)c1ccncc1)c1ccc(S(C)(=O)=O)o1. The van der Waals surface area contributed by atoms with Crippen LogP contribution in [0.3, 0.4) is 0 Å². The molecule has 2 rings (SSSR count). The molecule has 7 heteroatoms. The van der Waals surface area contributed by atoms with Gasteiger partial charge in [0.1, 0.15) is 5.76 Å². The number of nitrogens with one attached hydrogen (secondary N) is 1. The fourth-order valence-electron chi connectivity index (χ4n) is 1.84. The molecule has 1 atom stereocenters. The zero-order valence-electron chi connectivity index (χ0n) is 11.7. The maximum atomic E-state index is 12.1. The Balaban J connectivity index is 2.17. The third-order valence-electron chi connectivity index (χ3n) is 2.97. The number of carbonyl (C=O) groups is 1. The first-order valence-corrected chi connectivity index (χ1v) is 8.31. The van der Waals surface area contributed by atoms with Gasteiger partial charge in [-0.2, -0.15) is 0 Å². The summed E-state index contributed by atoms with van der Waals surface area (Å²) in [6, 6.07) is 5.78. The molecule has 1 amide bonds. The van der Waals surface area contributed by atoms with Crippen molar-refractivity contribution in [1.82, 2.24) is 10.3 Å². The van der Waals surface area contributed by atoms with E-state index in [1.54, 1.807) is 18.2 Å². The van der Waals surface area contributed by atoms with Crippen molar-refractivity contribution in [2.24, 2.45) is 0 Å². The van der Waals surface area contributed by atoms with Crippen molar-refractivity contribution in [3.05, 3.63) is 48.0 Å². The average Bonchev–Trinajstić information content (AvgIpc) is 2.95. The lowest BCUT2D eigenvalue weighted by atomic mass is 10.1. The average molecular weight is 308 g/mol. The molecule has 0 bridgehead atoms. The van der Waals surface area contributed by atoms with Crippen molar-refractivity contribution in [2.45, 2.75) is 24.5 Å². The molecule has 0 aromatic carbocycles. The fourth-order valence-corrected chi connectivity index (χ4v) is 2.40. The van der Waals surface area contributed by atoms with Gasteiger partial charge in [-0.25, -0.2) is 8.42 Å². The summed E-state index contributed by atoms with van der Waals surface area (Å²) < 4.78 is 28.1. The van der Waals surface area contributed by atoms with E-state index in [4.69, 9.17) is 4.42 Å². The van der Waals surface area contributed by atoms with Crippen LogP contribution in [0.1, 0.15) is 35.5 Å². The maximum Gasteiger partial charge on any atom is 0.251 e. The third-order valence-corrected chi connectivity index (χ3v) is 3.92. The second-order valence-electron chi connectivity index (χ2n) is 4.60. The first kappa shape index (κ1) is 15.2. The van der Waals surface area contributed by atoms with Crippen molar-refractivity contribution in [3.63, 3.8) is 0 Å². The van der Waals surface area contributed by atoms with Gasteiger partial charge in [0.2, 0.25) is 14.9 Å². The summed E-state index contributed by atoms with van der Waals surface area (Å²) in [4.78, 5) is 15.9. The second kappa shape index (κ2) is 6.09. The van der Waals surface area contributed by atoms with Crippen LogP contribution in [0.4, 0.5) is 0 Å². The molecule has 112 valence electrons. The molecule has 0 spiro atoms. The number of nitrogens with zero attached hydrogens (tertiary/aromatic N) is 1. The molecule has 0 unspecified atom stereocenters. The highest BCUT2D eigenvalue weighted by molar-refractivity contribution is 7.90. The Morgan fingerprint density at radius 2 is 1.95 bits per heavy atom.